The molecule has 5 aromatic rings. The largest absolute Gasteiger partial charge is 0.603 e. The van der Waals surface area contributed by atoms with Crippen LogP contribution in [0.1, 0.15) is 42.7 Å². The Morgan fingerprint density at radius 3 is 2.18 bits per heavy atom. The molecule has 0 saturated heterocycles. The fraction of sp³-hybridized carbons (Fsp3) is 0.268. The van der Waals surface area contributed by atoms with Crippen molar-refractivity contribution in [3.63, 3.8) is 0 Å². The van der Waals surface area contributed by atoms with Gasteiger partial charge < -0.3 is 35.9 Å². The highest BCUT2D eigenvalue weighted by atomic mass is 31.1. The van der Waals surface area contributed by atoms with Gasteiger partial charge in [0.05, 0.1) is 6.33 Å². The zero-order chi connectivity index (χ0) is 39.0. The van der Waals surface area contributed by atoms with Gasteiger partial charge in [-0.1, -0.05) is 117 Å². The summed E-state index contributed by atoms with van der Waals surface area (Å²) in [6.45, 7) is 3.91. The Morgan fingerprint density at radius 1 is 0.818 bits per heavy atom. The number of aromatic amines is 1. The molecule has 0 radical (unpaired) electrons. The van der Waals surface area contributed by atoms with Crippen LogP contribution in [0.15, 0.2) is 116 Å². The average molecular weight is 765 g/mol. The van der Waals surface area contributed by atoms with E-state index >= 15 is 0 Å². The van der Waals surface area contributed by atoms with Crippen LogP contribution in [0.5, 0.6) is 0 Å². The van der Waals surface area contributed by atoms with Crippen LogP contribution in [0.2, 0.25) is 0 Å². The van der Waals surface area contributed by atoms with Crippen LogP contribution in [0.3, 0.4) is 0 Å². The summed E-state index contributed by atoms with van der Waals surface area (Å²) in [6.07, 6.45) is 1.73. The molecule has 14 heteroatoms. The summed E-state index contributed by atoms with van der Waals surface area (Å²) < 4.78 is 11.2. The molecule has 4 amide bonds. The average Bonchev–Trinajstić information content (AvgIpc) is 3.72. The number of carbonyl (C=O) groups excluding carboxylic acids is 4. The van der Waals surface area contributed by atoms with Gasteiger partial charge in [-0.05, 0) is 33.9 Å². The minimum Gasteiger partial charge on any atom is -0.603 e. The Labute approximate surface area is 320 Å². The fourth-order valence-electron chi connectivity index (χ4n) is 5.70. The second-order valence-corrected chi connectivity index (χ2v) is 14.0. The van der Waals surface area contributed by atoms with Crippen molar-refractivity contribution in [2.24, 2.45) is 5.92 Å². The van der Waals surface area contributed by atoms with Crippen molar-refractivity contribution in [2.45, 2.75) is 64.6 Å². The van der Waals surface area contributed by atoms with Gasteiger partial charge >= 0.3 is 6.09 Å². The summed E-state index contributed by atoms with van der Waals surface area (Å²) in [6, 6.07) is 29.5. The molecule has 55 heavy (non-hydrogen) atoms. The van der Waals surface area contributed by atoms with Gasteiger partial charge in [-0.25, -0.2) is 9.78 Å². The molecule has 3 unspecified atom stereocenters. The van der Waals surface area contributed by atoms with E-state index in [2.05, 4.69) is 31.2 Å². The molecule has 5 rings (SSSR count). The predicted molar refractivity (Wildman–Crippen MR) is 209 cm³/mol. The van der Waals surface area contributed by atoms with Crippen LogP contribution in [0, 0.1) is 5.92 Å². The number of fused-ring (bicyclic) bond motifs is 1. The Hall–Kier alpha value is -5.88. The van der Waals surface area contributed by atoms with Crippen molar-refractivity contribution in [3.05, 3.63) is 138 Å². The van der Waals surface area contributed by atoms with Gasteiger partial charge in [-0.3, -0.25) is 14.4 Å². The summed E-state index contributed by atoms with van der Waals surface area (Å²) in [4.78, 5) is 73.8. The van der Waals surface area contributed by atoms with Crippen LogP contribution in [0.25, 0.3) is 10.8 Å². The number of aromatic nitrogens is 2. The van der Waals surface area contributed by atoms with Gasteiger partial charge in [0.25, 0.3) is 5.91 Å². The number of hydrogen-bond acceptors (Lipinski definition) is 8. The number of amides is 4. The number of benzene rings is 4. The quantitative estimate of drug-likeness (QED) is 0.0641. The highest BCUT2D eigenvalue weighted by Crippen LogP contribution is 2.22. The highest BCUT2D eigenvalue weighted by Gasteiger charge is 2.32. The molecule has 1 heterocycles. The molecule has 13 nitrogen and oxygen atoms in total. The maximum absolute atomic E-state index is 14.2. The van der Waals surface area contributed by atoms with Gasteiger partial charge in [0.2, 0.25) is 25.6 Å². The molecule has 5 N–H and O–H groups in total. The zero-order valence-electron chi connectivity index (χ0n) is 30.6. The minimum atomic E-state index is -2.64. The number of rotatable bonds is 18. The molecule has 0 fully saturated rings. The Bertz CT molecular complexity index is 2040. The van der Waals surface area contributed by atoms with Crippen LogP contribution in [0.4, 0.5) is 4.79 Å². The monoisotopic (exact) mass is 764 g/mol. The normalized spacial score (nSPS) is 13.5. The molecule has 0 saturated carbocycles. The Morgan fingerprint density at radius 2 is 1.47 bits per heavy atom. The molecule has 0 aliphatic carbocycles. The van der Waals surface area contributed by atoms with Crippen LogP contribution >= 0.6 is 8.00 Å². The number of alkyl carbamates (subject to hydrolysis) is 1. The lowest BCUT2D eigenvalue weighted by molar-refractivity contribution is -0.178. The Kier molecular flexibility index (Phi) is 15.1. The van der Waals surface area contributed by atoms with Gasteiger partial charge in [-0.2, -0.15) is 4.52 Å². The minimum absolute atomic E-state index is 0.00436. The topological polar surface area (TPSA) is 187 Å². The van der Waals surface area contributed by atoms with Crippen LogP contribution in [-0.4, -0.2) is 57.9 Å². The lowest BCUT2D eigenvalue weighted by Gasteiger charge is -2.26. The van der Waals surface area contributed by atoms with E-state index in [0.717, 1.165) is 33.3 Å². The van der Waals surface area contributed by atoms with Gasteiger partial charge in [0.15, 0.2) is 6.23 Å². The first-order chi connectivity index (χ1) is 26.7. The third-order valence-electron chi connectivity index (χ3n) is 8.93. The number of carbonyl (C=O) groups is 4. The summed E-state index contributed by atoms with van der Waals surface area (Å²) in [5.41, 5.74) is 2.99. The summed E-state index contributed by atoms with van der Waals surface area (Å²) in [5, 5.41) is 12.8. The standard InChI is InChI=1S/C41H45N6O7P/c1-3-28(2)40(54-55(52)26-37(48)43-23-29-13-6-4-7-14-29)47-39(50)36(22-33-24-42-27-44-33)45-38(49)35(46-41(51)53-25-30-15-8-5-9-16-30)21-32-19-12-18-31-17-10-11-20-34(31)32/h4-20,24,26-28,35-36,40H,3,21-23,25H2,1-2H3,(H,42,44)(H,43,48)(H,45,49)(H,46,51)(H,47,50)/t28?,35-,36-,40?/m1/s1. The van der Waals surface area contributed by atoms with E-state index in [1.54, 1.807) is 6.92 Å². The second-order valence-electron chi connectivity index (χ2n) is 13.0. The molecule has 0 aliphatic heterocycles. The van der Waals surface area contributed by atoms with Crippen molar-refractivity contribution >= 4 is 48.4 Å². The van der Waals surface area contributed by atoms with Crippen molar-refractivity contribution in [3.8, 4) is 0 Å². The Balaban J connectivity index is 1.33. The number of hydrogen-bond donors (Lipinski definition) is 5. The molecule has 5 atom stereocenters. The molecule has 0 aliphatic rings. The van der Waals surface area contributed by atoms with E-state index in [0.29, 0.717) is 12.1 Å². The molecule has 0 bridgehead atoms. The van der Waals surface area contributed by atoms with Crippen molar-refractivity contribution in [1.29, 1.82) is 0 Å². The first-order valence-electron chi connectivity index (χ1n) is 18.0. The summed E-state index contributed by atoms with van der Waals surface area (Å²) >= 11 is 0. The van der Waals surface area contributed by atoms with E-state index in [4.69, 9.17) is 9.26 Å². The van der Waals surface area contributed by atoms with Gasteiger partial charge in [-0.15, -0.1) is 0 Å². The van der Waals surface area contributed by atoms with Crippen molar-refractivity contribution in [2.75, 3.05) is 0 Å². The van der Waals surface area contributed by atoms with Crippen LogP contribution in [-0.2, 0) is 49.6 Å². The number of H-pyrrole nitrogens is 1. The van der Waals surface area contributed by atoms with Crippen molar-refractivity contribution in [1.82, 2.24) is 31.2 Å². The number of nitrogens with one attached hydrogen (secondary N) is 5. The number of nitrogens with zero attached hydrogens (tertiary/aromatic N) is 1. The van der Waals surface area contributed by atoms with Crippen molar-refractivity contribution < 1.29 is 33.3 Å². The molecule has 286 valence electrons. The summed E-state index contributed by atoms with van der Waals surface area (Å²) in [7, 11) is -2.64. The predicted octanol–water partition coefficient (Wildman–Crippen LogP) is 4.42. The third-order valence-corrected chi connectivity index (χ3v) is 9.81. The first kappa shape index (κ1) is 40.3. The molecule has 4 aromatic carbocycles. The van der Waals surface area contributed by atoms with Gasteiger partial charge in [0, 0.05) is 37.2 Å². The SMILES string of the molecule is CCC(C)C(NC(=O)[C@@H](Cc1cnc[nH]1)NC(=O)[C@@H](Cc1cccc2ccccc12)NC(=O)OCc1ccccc1)O/[P+]([O-])=C/C(=O)NCc1ccccc1. The maximum Gasteiger partial charge on any atom is 0.408 e. The highest BCUT2D eigenvalue weighted by molar-refractivity contribution is 7.47. The molecule has 1 aromatic heterocycles. The van der Waals surface area contributed by atoms with E-state index in [-0.39, 0.29) is 31.9 Å². The van der Waals surface area contributed by atoms with E-state index in [1.807, 2.05) is 110 Å². The fourth-order valence-corrected chi connectivity index (χ4v) is 6.53. The van der Waals surface area contributed by atoms with E-state index < -0.39 is 50.1 Å². The molecular weight excluding hydrogens is 719 g/mol. The third kappa shape index (κ3) is 12.6. The first-order valence-corrected chi connectivity index (χ1v) is 19.2. The maximum atomic E-state index is 14.2. The lowest BCUT2D eigenvalue weighted by atomic mass is 9.98. The second kappa shape index (κ2) is 20.5. The summed E-state index contributed by atoms with van der Waals surface area (Å²) in [5.74, 6) is -1.26. The molecule has 0 spiro atoms. The van der Waals surface area contributed by atoms with E-state index in [9.17, 15) is 24.1 Å². The molecular formula is C41H45N6O7P. The van der Waals surface area contributed by atoms with E-state index in [1.165, 1.54) is 12.5 Å². The van der Waals surface area contributed by atoms with Crippen LogP contribution < -0.4 is 26.2 Å². The lowest BCUT2D eigenvalue weighted by Crippen LogP contribution is -2.57. The number of ether oxygens (including phenoxy) is 1. The number of imidazole rings is 1. The smallest absolute Gasteiger partial charge is 0.408 e. The van der Waals surface area contributed by atoms with Gasteiger partial charge in [0.1, 0.15) is 18.7 Å². The zero-order valence-corrected chi connectivity index (χ0v) is 31.5.